The molecule has 0 bridgehead atoms. The molecule has 6 heteroatoms. The van der Waals surface area contributed by atoms with Crippen molar-refractivity contribution in [3.63, 3.8) is 0 Å². The molecule has 0 unspecified atom stereocenters. The molecule has 0 aliphatic carbocycles. The van der Waals surface area contributed by atoms with E-state index in [-0.39, 0.29) is 5.56 Å². The average Bonchev–Trinajstić information content (AvgIpc) is 2.77. The molecule has 0 fully saturated rings. The lowest BCUT2D eigenvalue weighted by Gasteiger charge is -1.97. The molecule has 0 spiro atoms. The van der Waals surface area contributed by atoms with Crippen LogP contribution in [-0.4, -0.2) is 21.0 Å². The van der Waals surface area contributed by atoms with E-state index in [1.54, 1.807) is 12.3 Å². The van der Waals surface area contributed by atoms with Gasteiger partial charge in [-0.3, -0.25) is 4.98 Å². The van der Waals surface area contributed by atoms with Gasteiger partial charge >= 0.3 is 5.97 Å². The average molecular weight is 235 g/mol. The Morgan fingerprint density at radius 1 is 1.50 bits per heavy atom. The molecule has 0 atom stereocenters. The van der Waals surface area contributed by atoms with E-state index in [0.717, 1.165) is 10.7 Å². The number of aromatic nitrogens is 2. The van der Waals surface area contributed by atoms with Crippen LogP contribution in [0.3, 0.4) is 0 Å². The number of carbonyl (C=O) groups is 1. The molecule has 3 N–H and O–H groups in total. The Bertz CT molecular complexity index is 524. The standard InChI is InChI=1S/C10H9N3O2S/c11-2-8-5-16-9(13-8)6-1-7(10(14)15)4-12-3-6/h1,3-5H,2,11H2,(H,14,15). The fraction of sp³-hybridized carbons (Fsp3) is 0.100. The zero-order chi connectivity index (χ0) is 11.5. The van der Waals surface area contributed by atoms with Crippen LogP contribution < -0.4 is 5.73 Å². The monoisotopic (exact) mass is 235 g/mol. The van der Waals surface area contributed by atoms with Crippen molar-refractivity contribution in [3.05, 3.63) is 35.1 Å². The molecule has 0 aromatic carbocycles. The third-order valence-electron chi connectivity index (χ3n) is 1.99. The first-order valence-corrected chi connectivity index (χ1v) is 5.42. The summed E-state index contributed by atoms with van der Waals surface area (Å²) in [5.41, 5.74) is 7.10. The number of rotatable bonds is 3. The van der Waals surface area contributed by atoms with E-state index in [0.29, 0.717) is 12.1 Å². The molecule has 2 heterocycles. The highest BCUT2D eigenvalue weighted by Gasteiger charge is 2.08. The van der Waals surface area contributed by atoms with E-state index in [2.05, 4.69) is 9.97 Å². The molecule has 0 aliphatic rings. The van der Waals surface area contributed by atoms with Crippen molar-refractivity contribution in [2.75, 3.05) is 0 Å². The van der Waals surface area contributed by atoms with Crippen LogP contribution in [0.2, 0.25) is 0 Å². The van der Waals surface area contributed by atoms with Crippen molar-refractivity contribution in [2.45, 2.75) is 6.54 Å². The van der Waals surface area contributed by atoms with Gasteiger partial charge in [0.25, 0.3) is 0 Å². The number of carboxylic acids is 1. The van der Waals surface area contributed by atoms with Gasteiger partial charge in [-0.2, -0.15) is 0 Å². The van der Waals surface area contributed by atoms with Gasteiger partial charge in [-0.05, 0) is 6.07 Å². The first kappa shape index (κ1) is 10.7. The van der Waals surface area contributed by atoms with Gasteiger partial charge in [0.15, 0.2) is 0 Å². The van der Waals surface area contributed by atoms with Crippen LogP contribution in [0.1, 0.15) is 16.1 Å². The van der Waals surface area contributed by atoms with Gasteiger partial charge in [-0.1, -0.05) is 0 Å². The first-order valence-electron chi connectivity index (χ1n) is 4.54. The van der Waals surface area contributed by atoms with E-state index in [1.165, 1.54) is 17.5 Å². The van der Waals surface area contributed by atoms with Crippen LogP contribution in [0.25, 0.3) is 10.6 Å². The summed E-state index contributed by atoms with van der Waals surface area (Å²) in [5.74, 6) is -0.995. The molecule has 0 radical (unpaired) electrons. The highest BCUT2D eigenvalue weighted by atomic mass is 32.1. The van der Waals surface area contributed by atoms with Crippen molar-refractivity contribution < 1.29 is 9.90 Å². The number of thiazole rings is 1. The highest BCUT2D eigenvalue weighted by Crippen LogP contribution is 2.23. The predicted octanol–water partition coefficient (Wildman–Crippen LogP) is 1.36. The maximum Gasteiger partial charge on any atom is 0.337 e. The molecule has 2 aromatic rings. The maximum atomic E-state index is 10.8. The number of hydrogen-bond acceptors (Lipinski definition) is 5. The molecule has 16 heavy (non-hydrogen) atoms. The van der Waals surface area contributed by atoms with Crippen LogP contribution in [0.15, 0.2) is 23.8 Å². The Kier molecular flexibility index (Phi) is 2.93. The molecule has 0 aliphatic heterocycles. The Hall–Kier alpha value is -1.79. The Morgan fingerprint density at radius 2 is 2.31 bits per heavy atom. The Labute approximate surface area is 95.6 Å². The van der Waals surface area contributed by atoms with E-state index in [9.17, 15) is 4.79 Å². The molecule has 0 saturated heterocycles. The van der Waals surface area contributed by atoms with Crippen LogP contribution in [0, 0.1) is 0 Å². The molecule has 0 amide bonds. The summed E-state index contributed by atoms with van der Waals surface area (Å²) in [4.78, 5) is 18.9. The van der Waals surface area contributed by atoms with E-state index in [4.69, 9.17) is 10.8 Å². The lowest BCUT2D eigenvalue weighted by atomic mass is 10.2. The van der Waals surface area contributed by atoms with Gasteiger partial charge in [0.1, 0.15) is 5.01 Å². The number of carboxylic acid groups (broad SMARTS) is 1. The van der Waals surface area contributed by atoms with Gasteiger partial charge in [-0.25, -0.2) is 9.78 Å². The van der Waals surface area contributed by atoms with Crippen LogP contribution in [0.4, 0.5) is 0 Å². The van der Waals surface area contributed by atoms with Crippen molar-refractivity contribution in [2.24, 2.45) is 5.73 Å². The van der Waals surface area contributed by atoms with Crippen LogP contribution >= 0.6 is 11.3 Å². The third-order valence-corrected chi connectivity index (χ3v) is 2.93. The van der Waals surface area contributed by atoms with E-state index < -0.39 is 5.97 Å². The SMILES string of the molecule is NCc1csc(-c2cncc(C(=O)O)c2)n1. The van der Waals surface area contributed by atoms with E-state index in [1.807, 2.05) is 5.38 Å². The molecule has 0 saturated carbocycles. The minimum absolute atomic E-state index is 0.155. The Balaban J connectivity index is 2.40. The number of nitrogens with zero attached hydrogens (tertiary/aromatic N) is 2. The second-order valence-corrected chi connectivity index (χ2v) is 3.97. The maximum absolute atomic E-state index is 10.8. The summed E-state index contributed by atoms with van der Waals surface area (Å²) >= 11 is 1.42. The summed E-state index contributed by atoms with van der Waals surface area (Å²) in [6.45, 7) is 0.378. The molecule has 2 aromatic heterocycles. The number of pyridine rings is 1. The van der Waals surface area contributed by atoms with Gasteiger partial charge in [0.2, 0.25) is 0 Å². The largest absolute Gasteiger partial charge is 0.478 e. The molecular formula is C10H9N3O2S. The zero-order valence-electron chi connectivity index (χ0n) is 8.25. The number of nitrogens with two attached hydrogens (primary N) is 1. The molecule has 2 rings (SSSR count). The lowest BCUT2D eigenvalue weighted by Crippen LogP contribution is -1.98. The predicted molar refractivity (Wildman–Crippen MR) is 60.2 cm³/mol. The van der Waals surface area contributed by atoms with Gasteiger partial charge in [-0.15, -0.1) is 11.3 Å². The fourth-order valence-corrected chi connectivity index (χ4v) is 2.02. The minimum Gasteiger partial charge on any atom is -0.478 e. The van der Waals surface area contributed by atoms with E-state index >= 15 is 0 Å². The van der Waals surface area contributed by atoms with Crippen LogP contribution in [-0.2, 0) is 6.54 Å². The summed E-state index contributed by atoms with van der Waals surface area (Å²) in [6, 6.07) is 1.55. The smallest absolute Gasteiger partial charge is 0.337 e. The molecular weight excluding hydrogens is 226 g/mol. The van der Waals surface area contributed by atoms with Gasteiger partial charge < -0.3 is 10.8 Å². The fourth-order valence-electron chi connectivity index (χ4n) is 1.21. The number of hydrogen-bond donors (Lipinski definition) is 2. The highest BCUT2D eigenvalue weighted by molar-refractivity contribution is 7.13. The van der Waals surface area contributed by atoms with Gasteiger partial charge in [0, 0.05) is 29.9 Å². The summed E-state index contributed by atoms with van der Waals surface area (Å²) < 4.78 is 0. The third kappa shape index (κ3) is 2.07. The minimum atomic E-state index is -0.995. The van der Waals surface area contributed by atoms with Crippen molar-refractivity contribution in [1.82, 2.24) is 9.97 Å². The van der Waals surface area contributed by atoms with Crippen molar-refractivity contribution >= 4 is 17.3 Å². The quantitative estimate of drug-likeness (QED) is 0.838. The zero-order valence-corrected chi connectivity index (χ0v) is 9.07. The summed E-state index contributed by atoms with van der Waals surface area (Å²) in [5, 5.41) is 11.4. The van der Waals surface area contributed by atoms with Crippen molar-refractivity contribution in [3.8, 4) is 10.6 Å². The van der Waals surface area contributed by atoms with Gasteiger partial charge in [0.05, 0.1) is 11.3 Å². The topological polar surface area (TPSA) is 89.1 Å². The molecule has 82 valence electrons. The normalized spacial score (nSPS) is 10.3. The second kappa shape index (κ2) is 4.38. The van der Waals surface area contributed by atoms with Crippen molar-refractivity contribution in [1.29, 1.82) is 0 Å². The number of aromatic carboxylic acids is 1. The second-order valence-electron chi connectivity index (χ2n) is 3.12. The Morgan fingerprint density at radius 3 is 2.94 bits per heavy atom. The molecule has 5 nitrogen and oxygen atoms in total. The first-order chi connectivity index (χ1) is 7.70. The lowest BCUT2D eigenvalue weighted by molar-refractivity contribution is 0.0696. The summed E-state index contributed by atoms with van der Waals surface area (Å²) in [6.07, 6.45) is 2.90. The summed E-state index contributed by atoms with van der Waals surface area (Å²) in [7, 11) is 0. The van der Waals surface area contributed by atoms with Crippen LogP contribution in [0.5, 0.6) is 0 Å².